The molecule has 0 saturated heterocycles. The third kappa shape index (κ3) is 2.78. The highest BCUT2D eigenvalue weighted by Gasteiger charge is 2.17. The molecule has 1 heterocycles. The Bertz CT molecular complexity index is 997. The number of rotatable bonds is 4. The largest absolute Gasteiger partial charge is 0.465 e. The lowest BCUT2D eigenvalue weighted by Gasteiger charge is -2.17. The second kappa shape index (κ2) is 6.87. The summed E-state index contributed by atoms with van der Waals surface area (Å²) >= 11 is 7.78. The van der Waals surface area contributed by atoms with Crippen LogP contribution in [0.15, 0.2) is 46.1 Å². The molecule has 0 aliphatic heterocycles. The molecule has 24 heavy (non-hydrogen) atoms. The standard InChI is InChI=1S/C18H16ClNO3S/c1-3-23-15(21)10-20-14-7-5-4-6-11(14)17(22)12-8-9-13(19)18(24-2)16(12)20/h4-9H,3,10H2,1-2H3. The van der Waals surface area contributed by atoms with Crippen LogP contribution in [-0.2, 0) is 16.1 Å². The highest BCUT2D eigenvalue weighted by Crippen LogP contribution is 2.34. The molecular weight excluding hydrogens is 346 g/mol. The third-order valence-corrected chi connectivity index (χ3v) is 5.08. The number of halogens is 1. The number of esters is 1. The Kier molecular flexibility index (Phi) is 4.83. The molecule has 0 atom stereocenters. The van der Waals surface area contributed by atoms with Gasteiger partial charge in [0.15, 0.2) is 5.43 Å². The molecule has 0 saturated carbocycles. The van der Waals surface area contributed by atoms with Crippen molar-refractivity contribution in [2.24, 2.45) is 0 Å². The van der Waals surface area contributed by atoms with Crippen molar-refractivity contribution in [1.29, 1.82) is 0 Å². The highest BCUT2D eigenvalue weighted by molar-refractivity contribution is 7.99. The predicted octanol–water partition coefficient (Wildman–Crippen LogP) is 4.09. The lowest BCUT2D eigenvalue weighted by atomic mass is 10.1. The summed E-state index contributed by atoms with van der Waals surface area (Å²) in [5.41, 5.74) is 1.31. The number of carbonyl (C=O) groups excluding carboxylic acids is 1. The number of nitrogens with zero attached hydrogens (tertiary/aromatic N) is 1. The average molecular weight is 362 g/mol. The fourth-order valence-electron chi connectivity index (χ4n) is 2.86. The summed E-state index contributed by atoms with van der Waals surface area (Å²) in [4.78, 5) is 25.7. The molecule has 0 N–H and O–H groups in total. The summed E-state index contributed by atoms with van der Waals surface area (Å²) in [6.07, 6.45) is 1.90. The van der Waals surface area contributed by atoms with Crippen LogP contribution in [0, 0.1) is 0 Å². The molecule has 124 valence electrons. The number of aromatic nitrogens is 1. The van der Waals surface area contributed by atoms with E-state index in [0.29, 0.717) is 33.4 Å². The van der Waals surface area contributed by atoms with Crippen molar-refractivity contribution in [2.75, 3.05) is 12.9 Å². The third-order valence-electron chi connectivity index (χ3n) is 3.83. The molecule has 0 bridgehead atoms. The zero-order chi connectivity index (χ0) is 17.3. The number of ether oxygens (including phenoxy) is 1. The number of hydrogen-bond acceptors (Lipinski definition) is 4. The first-order chi connectivity index (χ1) is 11.6. The summed E-state index contributed by atoms with van der Waals surface area (Å²) in [5, 5.41) is 1.68. The molecule has 0 spiro atoms. The zero-order valence-corrected chi connectivity index (χ0v) is 14.9. The molecule has 0 aliphatic rings. The van der Waals surface area contributed by atoms with Crippen LogP contribution in [0.5, 0.6) is 0 Å². The van der Waals surface area contributed by atoms with Crippen molar-refractivity contribution in [3.63, 3.8) is 0 Å². The molecule has 0 amide bonds. The van der Waals surface area contributed by atoms with Crippen molar-refractivity contribution >= 4 is 51.1 Å². The molecule has 0 fully saturated rings. The van der Waals surface area contributed by atoms with E-state index in [0.717, 1.165) is 4.90 Å². The van der Waals surface area contributed by atoms with Crippen molar-refractivity contribution < 1.29 is 9.53 Å². The van der Waals surface area contributed by atoms with Gasteiger partial charge in [-0.15, -0.1) is 11.8 Å². The van der Waals surface area contributed by atoms with Gasteiger partial charge in [-0.05, 0) is 37.4 Å². The van der Waals surface area contributed by atoms with E-state index >= 15 is 0 Å². The summed E-state index contributed by atoms with van der Waals surface area (Å²) in [6, 6.07) is 10.7. The van der Waals surface area contributed by atoms with E-state index < -0.39 is 0 Å². The van der Waals surface area contributed by atoms with Gasteiger partial charge in [0.25, 0.3) is 0 Å². The Labute approximate surface area is 148 Å². The smallest absolute Gasteiger partial charge is 0.325 e. The maximum Gasteiger partial charge on any atom is 0.325 e. The number of benzene rings is 2. The van der Waals surface area contributed by atoms with Crippen LogP contribution in [0.25, 0.3) is 21.8 Å². The number of hydrogen-bond donors (Lipinski definition) is 0. The molecule has 1 aromatic heterocycles. The van der Waals surface area contributed by atoms with Crippen LogP contribution in [0.1, 0.15) is 6.92 Å². The van der Waals surface area contributed by atoms with Gasteiger partial charge >= 0.3 is 5.97 Å². The van der Waals surface area contributed by atoms with Gasteiger partial charge in [-0.2, -0.15) is 0 Å². The quantitative estimate of drug-likeness (QED) is 0.399. The second-order valence-electron chi connectivity index (χ2n) is 5.21. The lowest BCUT2D eigenvalue weighted by Crippen LogP contribution is -2.18. The van der Waals surface area contributed by atoms with E-state index in [1.807, 2.05) is 29.0 Å². The van der Waals surface area contributed by atoms with Crippen LogP contribution in [0.3, 0.4) is 0 Å². The predicted molar refractivity (Wildman–Crippen MR) is 99.1 cm³/mol. The van der Waals surface area contributed by atoms with Gasteiger partial charge in [0.1, 0.15) is 6.54 Å². The Balaban J connectivity index is 2.46. The van der Waals surface area contributed by atoms with E-state index in [9.17, 15) is 9.59 Å². The van der Waals surface area contributed by atoms with Gasteiger partial charge < -0.3 is 9.30 Å². The Morgan fingerprint density at radius 3 is 2.67 bits per heavy atom. The molecule has 4 nitrogen and oxygen atoms in total. The number of fused-ring (bicyclic) bond motifs is 2. The number of para-hydroxylation sites is 1. The summed E-state index contributed by atoms with van der Waals surface area (Å²) in [5.74, 6) is -0.348. The van der Waals surface area contributed by atoms with Crippen molar-refractivity contribution in [2.45, 2.75) is 18.4 Å². The van der Waals surface area contributed by atoms with Crippen LogP contribution in [-0.4, -0.2) is 23.4 Å². The van der Waals surface area contributed by atoms with Gasteiger partial charge in [-0.3, -0.25) is 9.59 Å². The first-order valence-electron chi connectivity index (χ1n) is 7.51. The van der Waals surface area contributed by atoms with E-state index in [1.165, 1.54) is 11.8 Å². The minimum Gasteiger partial charge on any atom is -0.465 e. The topological polar surface area (TPSA) is 48.3 Å². The molecule has 3 rings (SSSR count). The Hall–Kier alpha value is -1.98. The summed E-state index contributed by atoms with van der Waals surface area (Å²) in [7, 11) is 0. The average Bonchev–Trinajstić information content (AvgIpc) is 2.58. The van der Waals surface area contributed by atoms with Gasteiger partial charge in [-0.25, -0.2) is 0 Å². The SMILES string of the molecule is CCOC(=O)Cn1c2ccccc2c(=O)c2ccc(Cl)c(SC)c21. The van der Waals surface area contributed by atoms with Crippen molar-refractivity contribution in [3.8, 4) is 0 Å². The first kappa shape index (κ1) is 16.9. The molecule has 0 aliphatic carbocycles. The lowest BCUT2D eigenvalue weighted by molar-refractivity contribution is -0.143. The van der Waals surface area contributed by atoms with Crippen LogP contribution in [0.2, 0.25) is 5.02 Å². The number of pyridine rings is 1. The summed E-state index contributed by atoms with van der Waals surface area (Å²) < 4.78 is 6.92. The molecular formula is C18H16ClNO3S. The van der Waals surface area contributed by atoms with Gasteiger partial charge in [0.2, 0.25) is 0 Å². The molecule has 3 aromatic rings. The van der Waals surface area contributed by atoms with Crippen LogP contribution >= 0.6 is 23.4 Å². The monoisotopic (exact) mass is 361 g/mol. The van der Waals surface area contributed by atoms with E-state index in [1.54, 1.807) is 25.1 Å². The Morgan fingerprint density at radius 2 is 1.96 bits per heavy atom. The van der Waals surface area contributed by atoms with Crippen molar-refractivity contribution in [3.05, 3.63) is 51.6 Å². The van der Waals surface area contributed by atoms with Gasteiger partial charge in [0.05, 0.1) is 27.6 Å². The van der Waals surface area contributed by atoms with E-state index in [2.05, 4.69) is 0 Å². The zero-order valence-electron chi connectivity index (χ0n) is 13.3. The van der Waals surface area contributed by atoms with Crippen LogP contribution < -0.4 is 5.43 Å². The van der Waals surface area contributed by atoms with E-state index in [-0.39, 0.29) is 17.9 Å². The van der Waals surface area contributed by atoms with Crippen molar-refractivity contribution in [1.82, 2.24) is 4.57 Å². The molecule has 6 heteroatoms. The highest BCUT2D eigenvalue weighted by atomic mass is 35.5. The molecule has 2 aromatic carbocycles. The van der Waals surface area contributed by atoms with E-state index in [4.69, 9.17) is 16.3 Å². The minimum absolute atomic E-state index is 0.0268. The fourth-order valence-corrected chi connectivity index (χ4v) is 3.92. The molecule has 0 unspecified atom stereocenters. The first-order valence-corrected chi connectivity index (χ1v) is 9.12. The number of carbonyl (C=O) groups is 1. The second-order valence-corrected chi connectivity index (χ2v) is 6.44. The maximum atomic E-state index is 12.8. The maximum absolute atomic E-state index is 12.8. The van der Waals surface area contributed by atoms with Crippen LogP contribution in [0.4, 0.5) is 0 Å². The summed E-state index contributed by atoms with van der Waals surface area (Å²) in [6.45, 7) is 2.10. The fraction of sp³-hybridized carbons (Fsp3) is 0.222. The normalized spacial score (nSPS) is 11.1. The number of thioether (sulfide) groups is 1. The van der Waals surface area contributed by atoms with Gasteiger partial charge in [-0.1, -0.05) is 23.7 Å². The molecule has 0 radical (unpaired) electrons. The minimum atomic E-state index is -0.348. The Morgan fingerprint density at radius 1 is 1.21 bits per heavy atom. The van der Waals surface area contributed by atoms with Gasteiger partial charge in [0, 0.05) is 10.8 Å².